The molecule has 0 spiro atoms. The van der Waals surface area contributed by atoms with Crippen LogP contribution >= 0.6 is 0 Å². The molecule has 1 atom stereocenters. The van der Waals surface area contributed by atoms with E-state index in [1.807, 2.05) is 0 Å². The molecule has 1 aliphatic heterocycles. The number of hydrogen-bond donors (Lipinski definition) is 1. The Morgan fingerprint density at radius 1 is 1.38 bits per heavy atom. The zero-order valence-corrected chi connectivity index (χ0v) is 14.1. The first-order valence-corrected chi connectivity index (χ1v) is 8.37. The minimum absolute atomic E-state index is 0.0590. The Balaban J connectivity index is 1.75. The molecule has 0 saturated carbocycles. The highest BCUT2D eigenvalue weighted by Gasteiger charge is 2.33. The van der Waals surface area contributed by atoms with Crippen LogP contribution in [0.4, 0.5) is 0 Å². The maximum atomic E-state index is 13.1. The lowest BCUT2D eigenvalue weighted by Gasteiger charge is -2.33. The monoisotopic (exact) mass is 355 g/mol. The first-order valence-electron chi connectivity index (χ1n) is 8.37. The topological polar surface area (TPSA) is 114 Å². The van der Waals surface area contributed by atoms with Crippen molar-refractivity contribution in [2.75, 3.05) is 6.54 Å². The van der Waals surface area contributed by atoms with Gasteiger partial charge in [-0.3, -0.25) is 14.0 Å². The maximum absolute atomic E-state index is 13.1. The number of piperidine rings is 1. The number of carbonyl (C=O) groups excluding carboxylic acids is 1. The van der Waals surface area contributed by atoms with Crippen molar-refractivity contribution in [3.05, 3.63) is 52.2 Å². The average molecular weight is 355 g/mol. The van der Waals surface area contributed by atoms with E-state index in [0.717, 1.165) is 12.8 Å². The largest absolute Gasteiger partial charge is 0.504 e. The molecule has 1 amide bonds. The van der Waals surface area contributed by atoms with Crippen LogP contribution in [0.25, 0.3) is 5.65 Å². The van der Waals surface area contributed by atoms with Crippen molar-refractivity contribution in [1.82, 2.24) is 24.4 Å². The van der Waals surface area contributed by atoms with Gasteiger partial charge in [0.05, 0.1) is 0 Å². The summed E-state index contributed by atoms with van der Waals surface area (Å²) in [5, 5.41) is 13.6. The normalized spacial score (nSPS) is 17.6. The fourth-order valence-electron chi connectivity index (χ4n) is 3.27. The summed E-state index contributed by atoms with van der Waals surface area (Å²) >= 11 is 0. The van der Waals surface area contributed by atoms with E-state index in [1.165, 1.54) is 28.9 Å². The van der Waals surface area contributed by atoms with E-state index in [2.05, 4.69) is 15.1 Å². The van der Waals surface area contributed by atoms with E-state index in [4.69, 9.17) is 4.52 Å². The molecule has 3 aromatic rings. The van der Waals surface area contributed by atoms with Crippen molar-refractivity contribution in [3.8, 4) is 5.75 Å². The number of aromatic hydroxyl groups is 1. The second-order valence-corrected chi connectivity index (χ2v) is 6.25. The molecule has 1 N–H and O–H groups in total. The van der Waals surface area contributed by atoms with Crippen LogP contribution in [-0.4, -0.2) is 42.0 Å². The van der Waals surface area contributed by atoms with Gasteiger partial charge in [-0.2, -0.15) is 4.98 Å². The van der Waals surface area contributed by atoms with Crippen LogP contribution in [0.15, 0.2) is 33.8 Å². The van der Waals surface area contributed by atoms with Gasteiger partial charge in [-0.15, -0.1) is 0 Å². The Hall–Kier alpha value is -3.23. The van der Waals surface area contributed by atoms with Crippen LogP contribution in [0.5, 0.6) is 5.75 Å². The van der Waals surface area contributed by atoms with Gasteiger partial charge in [0.1, 0.15) is 11.6 Å². The predicted molar refractivity (Wildman–Crippen MR) is 89.8 cm³/mol. The number of hydrogen-bond acceptors (Lipinski definition) is 7. The first kappa shape index (κ1) is 16.2. The van der Waals surface area contributed by atoms with Crippen molar-refractivity contribution in [1.29, 1.82) is 0 Å². The van der Waals surface area contributed by atoms with Gasteiger partial charge in [-0.05, 0) is 38.3 Å². The molecule has 1 saturated heterocycles. The van der Waals surface area contributed by atoms with Gasteiger partial charge in [0.15, 0.2) is 17.2 Å². The summed E-state index contributed by atoms with van der Waals surface area (Å²) in [6.45, 7) is 2.21. The highest BCUT2D eigenvalue weighted by molar-refractivity contribution is 5.94. The summed E-state index contributed by atoms with van der Waals surface area (Å²) in [6, 6.07) is 2.59. The third kappa shape index (κ3) is 2.61. The van der Waals surface area contributed by atoms with Crippen molar-refractivity contribution in [2.45, 2.75) is 32.2 Å². The van der Waals surface area contributed by atoms with Gasteiger partial charge in [-0.1, -0.05) is 5.16 Å². The molecule has 0 unspecified atom stereocenters. The Kier molecular flexibility index (Phi) is 3.90. The quantitative estimate of drug-likeness (QED) is 0.740. The highest BCUT2D eigenvalue weighted by Crippen LogP contribution is 2.30. The van der Waals surface area contributed by atoms with Crippen LogP contribution in [0, 0.1) is 6.92 Å². The van der Waals surface area contributed by atoms with E-state index in [1.54, 1.807) is 11.8 Å². The highest BCUT2D eigenvalue weighted by atomic mass is 16.5. The summed E-state index contributed by atoms with van der Waals surface area (Å²) in [6.07, 6.45) is 5.13. The lowest BCUT2D eigenvalue weighted by Crippen LogP contribution is -2.41. The van der Waals surface area contributed by atoms with Crippen LogP contribution in [0.3, 0.4) is 0 Å². The molecule has 0 bridgehead atoms. The van der Waals surface area contributed by atoms with Crippen LogP contribution in [0.1, 0.15) is 47.4 Å². The SMILES string of the molecule is Cc1noc([C@H]2CCCCN2C(=O)c2cnc3c(O)cccn3c2=O)n1. The van der Waals surface area contributed by atoms with Crippen molar-refractivity contribution < 1.29 is 14.4 Å². The smallest absolute Gasteiger partial charge is 0.270 e. The van der Waals surface area contributed by atoms with Gasteiger partial charge in [0.25, 0.3) is 11.5 Å². The molecule has 9 heteroatoms. The van der Waals surface area contributed by atoms with Crippen molar-refractivity contribution in [2.24, 2.45) is 0 Å². The van der Waals surface area contributed by atoms with Crippen LogP contribution in [0.2, 0.25) is 0 Å². The van der Waals surface area contributed by atoms with Crippen LogP contribution in [-0.2, 0) is 0 Å². The summed E-state index contributed by atoms with van der Waals surface area (Å²) in [5.41, 5.74) is -0.477. The molecule has 134 valence electrons. The Bertz CT molecular complexity index is 1040. The predicted octanol–water partition coefficient (Wildman–Crippen LogP) is 1.46. The second-order valence-electron chi connectivity index (χ2n) is 6.25. The van der Waals surface area contributed by atoms with Gasteiger partial charge in [0.2, 0.25) is 5.89 Å². The molecule has 1 fully saturated rings. The summed E-state index contributed by atoms with van der Waals surface area (Å²) < 4.78 is 6.41. The number of rotatable bonds is 2. The molecular weight excluding hydrogens is 338 g/mol. The molecule has 26 heavy (non-hydrogen) atoms. The van der Waals surface area contributed by atoms with Crippen molar-refractivity contribution >= 4 is 11.6 Å². The fourth-order valence-corrected chi connectivity index (χ4v) is 3.27. The third-order valence-electron chi connectivity index (χ3n) is 4.53. The minimum Gasteiger partial charge on any atom is -0.504 e. The molecule has 0 aromatic carbocycles. The number of pyridine rings is 1. The Labute approximate surface area is 147 Å². The number of likely N-dealkylation sites (tertiary alicyclic amines) is 1. The third-order valence-corrected chi connectivity index (χ3v) is 4.53. The van der Waals surface area contributed by atoms with E-state index in [-0.39, 0.29) is 23.0 Å². The first-order chi connectivity index (χ1) is 12.6. The minimum atomic E-state index is -0.526. The number of amides is 1. The van der Waals surface area contributed by atoms with Gasteiger partial charge >= 0.3 is 0 Å². The summed E-state index contributed by atoms with van der Waals surface area (Å²) in [4.78, 5) is 35.7. The molecule has 4 rings (SSSR count). The number of fused-ring (bicyclic) bond motifs is 1. The number of carbonyl (C=O) groups is 1. The average Bonchev–Trinajstić information content (AvgIpc) is 3.08. The maximum Gasteiger partial charge on any atom is 0.270 e. The Morgan fingerprint density at radius 3 is 3.00 bits per heavy atom. The van der Waals surface area contributed by atoms with Gasteiger partial charge < -0.3 is 14.5 Å². The lowest BCUT2D eigenvalue weighted by atomic mass is 10.0. The molecule has 3 aromatic heterocycles. The molecule has 0 aliphatic carbocycles. The van der Waals surface area contributed by atoms with Gasteiger partial charge in [0, 0.05) is 18.9 Å². The number of aryl methyl sites for hydroxylation is 1. The molecular formula is C17H17N5O4. The van der Waals surface area contributed by atoms with Gasteiger partial charge in [-0.25, -0.2) is 4.98 Å². The van der Waals surface area contributed by atoms with E-state index in [9.17, 15) is 14.7 Å². The standard InChI is InChI=1S/C17H17N5O4/c1-10-19-15(26-20-10)12-5-2-3-7-21(12)16(24)11-9-18-14-13(23)6-4-8-22(14)17(11)25/h4,6,8-9,12,23H,2-3,5,7H2,1H3/t12-/m1/s1. The zero-order chi connectivity index (χ0) is 18.3. The zero-order valence-electron chi connectivity index (χ0n) is 14.1. The molecule has 9 nitrogen and oxygen atoms in total. The van der Waals surface area contributed by atoms with E-state index >= 15 is 0 Å². The summed E-state index contributed by atoms with van der Waals surface area (Å²) in [7, 11) is 0. The van der Waals surface area contributed by atoms with E-state index in [0.29, 0.717) is 24.7 Å². The lowest BCUT2D eigenvalue weighted by molar-refractivity contribution is 0.0559. The molecule has 1 aliphatic rings. The summed E-state index contributed by atoms with van der Waals surface area (Å²) in [5.74, 6) is 0.324. The Morgan fingerprint density at radius 2 is 2.23 bits per heavy atom. The number of aromatic nitrogens is 4. The molecule has 4 heterocycles. The number of nitrogens with zero attached hydrogens (tertiary/aromatic N) is 5. The molecule has 0 radical (unpaired) electrons. The van der Waals surface area contributed by atoms with Crippen molar-refractivity contribution in [3.63, 3.8) is 0 Å². The second kappa shape index (κ2) is 6.25. The fraction of sp³-hybridized carbons (Fsp3) is 0.353. The van der Waals surface area contributed by atoms with E-state index < -0.39 is 11.5 Å². The van der Waals surface area contributed by atoms with Crippen LogP contribution < -0.4 is 5.56 Å².